The third-order valence-corrected chi connectivity index (χ3v) is 3.47. The molecule has 2 aromatic rings. The molecule has 0 aromatic heterocycles. The van der Waals surface area contributed by atoms with Crippen molar-refractivity contribution in [2.45, 2.75) is 13.8 Å². The molecule has 0 spiro atoms. The first-order chi connectivity index (χ1) is 12.2. The summed E-state index contributed by atoms with van der Waals surface area (Å²) in [5, 5.41) is 0. The number of esters is 1. The topological polar surface area (TPSA) is 47.9 Å². The summed E-state index contributed by atoms with van der Waals surface area (Å²) in [6, 6.07) is 17.7. The number of aliphatic imine (C=N–C) groups is 1. The molecule has 0 saturated carbocycles. The van der Waals surface area contributed by atoms with Gasteiger partial charge in [0, 0.05) is 11.3 Å². The van der Waals surface area contributed by atoms with Gasteiger partial charge in [0.2, 0.25) is 0 Å². The average molecular weight is 337 g/mol. The molecule has 2 rings (SSSR count). The molecule has 0 aliphatic rings. The van der Waals surface area contributed by atoms with Gasteiger partial charge in [0.15, 0.2) is 0 Å². The normalized spacial score (nSPS) is 11.5. The lowest BCUT2D eigenvalue weighted by atomic mass is 10.1. The summed E-state index contributed by atoms with van der Waals surface area (Å²) in [6.07, 6.45) is 3.99. The van der Waals surface area contributed by atoms with Crippen LogP contribution < -0.4 is 4.74 Å². The molecule has 130 valence electrons. The van der Waals surface area contributed by atoms with E-state index in [1.807, 2.05) is 73.7 Å². The zero-order chi connectivity index (χ0) is 17.9. The Morgan fingerprint density at radius 3 is 2.56 bits per heavy atom. The summed E-state index contributed by atoms with van der Waals surface area (Å²) < 4.78 is 10.7. The van der Waals surface area contributed by atoms with Gasteiger partial charge in [-0.2, -0.15) is 0 Å². The SMILES string of the molecule is CCOC(=O)CN=C(C)c1ccccc1OC/C=C/c1ccccc1. The Morgan fingerprint density at radius 1 is 1.08 bits per heavy atom. The fraction of sp³-hybridized carbons (Fsp3) is 0.238. The highest BCUT2D eigenvalue weighted by atomic mass is 16.5. The van der Waals surface area contributed by atoms with Gasteiger partial charge in [-0.15, -0.1) is 0 Å². The molecule has 0 heterocycles. The standard InChI is InChI=1S/C21H23NO3/c1-3-24-21(23)16-22-17(2)19-13-7-8-14-20(19)25-15-9-12-18-10-5-4-6-11-18/h4-14H,3,15-16H2,1-2H3/b12-9+,22-17?. The molecule has 0 unspecified atom stereocenters. The second kappa shape index (κ2) is 10.1. The largest absolute Gasteiger partial charge is 0.489 e. The van der Waals surface area contributed by atoms with Crippen molar-refractivity contribution in [2.24, 2.45) is 4.99 Å². The number of carbonyl (C=O) groups excluding carboxylic acids is 1. The zero-order valence-electron chi connectivity index (χ0n) is 14.6. The number of nitrogens with zero attached hydrogens (tertiary/aromatic N) is 1. The van der Waals surface area contributed by atoms with E-state index in [1.54, 1.807) is 6.92 Å². The summed E-state index contributed by atoms with van der Waals surface area (Å²) in [5.41, 5.74) is 2.75. The molecule has 0 aliphatic heterocycles. The lowest BCUT2D eigenvalue weighted by molar-refractivity contribution is -0.141. The highest BCUT2D eigenvalue weighted by molar-refractivity contribution is 6.01. The summed E-state index contributed by atoms with van der Waals surface area (Å²) in [6.45, 7) is 4.47. The minimum Gasteiger partial charge on any atom is -0.489 e. The van der Waals surface area contributed by atoms with Gasteiger partial charge in [0.1, 0.15) is 18.9 Å². The van der Waals surface area contributed by atoms with Gasteiger partial charge < -0.3 is 9.47 Å². The fourth-order valence-electron chi connectivity index (χ4n) is 2.25. The molecule has 0 amide bonds. The Bertz CT molecular complexity index is 736. The number of hydrogen-bond donors (Lipinski definition) is 0. The van der Waals surface area contributed by atoms with Gasteiger partial charge in [-0.3, -0.25) is 9.79 Å². The number of para-hydroxylation sites is 1. The van der Waals surface area contributed by atoms with E-state index < -0.39 is 0 Å². The summed E-state index contributed by atoms with van der Waals surface area (Å²) in [7, 11) is 0. The van der Waals surface area contributed by atoms with Crippen molar-refractivity contribution in [1.29, 1.82) is 0 Å². The first kappa shape index (κ1) is 18.5. The quantitative estimate of drug-likeness (QED) is 0.537. The molecule has 25 heavy (non-hydrogen) atoms. The van der Waals surface area contributed by atoms with E-state index in [0.29, 0.717) is 13.2 Å². The summed E-state index contributed by atoms with van der Waals surface area (Å²) in [5.74, 6) is 0.413. The number of rotatable bonds is 8. The maximum atomic E-state index is 11.4. The molecule has 0 radical (unpaired) electrons. The molecular formula is C21H23NO3. The molecular weight excluding hydrogens is 314 g/mol. The zero-order valence-corrected chi connectivity index (χ0v) is 14.6. The van der Waals surface area contributed by atoms with Gasteiger partial charge in [0.05, 0.1) is 6.61 Å². The third kappa shape index (κ3) is 6.26. The van der Waals surface area contributed by atoms with Gasteiger partial charge in [-0.05, 0) is 37.6 Å². The molecule has 0 saturated heterocycles. The Hall–Kier alpha value is -2.88. The van der Waals surface area contributed by atoms with Crippen LogP contribution >= 0.6 is 0 Å². The molecule has 0 N–H and O–H groups in total. The van der Waals surface area contributed by atoms with Gasteiger partial charge in [-0.25, -0.2) is 0 Å². The summed E-state index contributed by atoms with van der Waals surface area (Å²) in [4.78, 5) is 15.7. The Morgan fingerprint density at radius 2 is 1.80 bits per heavy atom. The van der Waals surface area contributed by atoms with Crippen LogP contribution in [0.2, 0.25) is 0 Å². The van der Waals surface area contributed by atoms with E-state index in [2.05, 4.69) is 4.99 Å². The number of hydrogen-bond acceptors (Lipinski definition) is 4. The van der Waals surface area contributed by atoms with E-state index in [1.165, 1.54) is 0 Å². The second-order valence-corrected chi connectivity index (χ2v) is 5.33. The van der Waals surface area contributed by atoms with Gasteiger partial charge in [-0.1, -0.05) is 48.5 Å². The van der Waals surface area contributed by atoms with E-state index in [0.717, 1.165) is 22.6 Å². The van der Waals surface area contributed by atoms with E-state index in [4.69, 9.17) is 9.47 Å². The second-order valence-electron chi connectivity index (χ2n) is 5.33. The molecule has 0 aliphatic carbocycles. The van der Waals surface area contributed by atoms with Crippen molar-refractivity contribution in [3.63, 3.8) is 0 Å². The lowest BCUT2D eigenvalue weighted by Gasteiger charge is -2.10. The first-order valence-electron chi connectivity index (χ1n) is 8.31. The Kier molecular flexibility index (Phi) is 7.44. The van der Waals surface area contributed by atoms with Crippen molar-refractivity contribution in [1.82, 2.24) is 0 Å². The monoisotopic (exact) mass is 337 g/mol. The van der Waals surface area contributed by atoms with Crippen LogP contribution in [0.1, 0.15) is 25.0 Å². The minimum atomic E-state index is -0.328. The van der Waals surface area contributed by atoms with Crippen LogP contribution in [-0.4, -0.2) is 31.4 Å². The van der Waals surface area contributed by atoms with Crippen LogP contribution in [0.5, 0.6) is 5.75 Å². The van der Waals surface area contributed by atoms with Crippen LogP contribution in [0.25, 0.3) is 6.08 Å². The van der Waals surface area contributed by atoms with Crippen LogP contribution in [0.15, 0.2) is 65.7 Å². The Balaban J connectivity index is 1.98. The molecule has 4 nitrogen and oxygen atoms in total. The summed E-state index contributed by atoms with van der Waals surface area (Å²) >= 11 is 0. The maximum absolute atomic E-state index is 11.4. The number of carbonyl (C=O) groups is 1. The maximum Gasteiger partial charge on any atom is 0.327 e. The lowest BCUT2D eigenvalue weighted by Crippen LogP contribution is -2.10. The van der Waals surface area contributed by atoms with Crippen LogP contribution in [-0.2, 0) is 9.53 Å². The van der Waals surface area contributed by atoms with Gasteiger partial charge >= 0.3 is 5.97 Å². The third-order valence-electron chi connectivity index (χ3n) is 3.47. The smallest absolute Gasteiger partial charge is 0.327 e. The predicted molar refractivity (Wildman–Crippen MR) is 101 cm³/mol. The van der Waals surface area contributed by atoms with Crippen molar-refractivity contribution >= 4 is 17.8 Å². The Labute approximate surface area is 148 Å². The highest BCUT2D eigenvalue weighted by Crippen LogP contribution is 2.19. The molecule has 0 atom stereocenters. The van der Waals surface area contributed by atoms with E-state index >= 15 is 0 Å². The molecule has 4 heteroatoms. The van der Waals surface area contributed by atoms with Crippen molar-refractivity contribution in [3.8, 4) is 5.75 Å². The van der Waals surface area contributed by atoms with Crippen molar-refractivity contribution < 1.29 is 14.3 Å². The van der Waals surface area contributed by atoms with Gasteiger partial charge in [0.25, 0.3) is 0 Å². The first-order valence-corrected chi connectivity index (χ1v) is 8.31. The molecule has 2 aromatic carbocycles. The fourth-order valence-corrected chi connectivity index (χ4v) is 2.25. The molecule has 0 bridgehead atoms. The van der Waals surface area contributed by atoms with E-state index in [9.17, 15) is 4.79 Å². The van der Waals surface area contributed by atoms with Crippen molar-refractivity contribution in [3.05, 3.63) is 71.8 Å². The van der Waals surface area contributed by atoms with Crippen LogP contribution in [0.4, 0.5) is 0 Å². The molecule has 0 fully saturated rings. The number of benzene rings is 2. The van der Waals surface area contributed by atoms with E-state index in [-0.39, 0.29) is 12.5 Å². The minimum absolute atomic E-state index is 0.0158. The average Bonchev–Trinajstić information content (AvgIpc) is 2.65. The highest BCUT2D eigenvalue weighted by Gasteiger charge is 2.07. The number of ether oxygens (including phenoxy) is 2. The van der Waals surface area contributed by atoms with Crippen molar-refractivity contribution in [2.75, 3.05) is 19.8 Å². The van der Waals surface area contributed by atoms with Crippen LogP contribution in [0, 0.1) is 0 Å². The predicted octanol–water partition coefficient (Wildman–Crippen LogP) is 4.15. The van der Waals surface area contributed by atoms with Crippen LogP contribution in [0.3, 0.4) is 0 Å².